The van der Waals surface area contributed by atoms with Crippen LogP contribution in [0.2, 0.25) is 0 Å². The minimum absolute atomic E-state index is 0.129. The van der Waals surface area contributed by atoms with Gasteiger partial charge in [0.05, 0.1) is 0 Å². The molecule has 1 atom stereocenters. The highest BCUT2D eigenvalue weighted by Crippen LogP contribution is 2.32. The van der Waals surface area contributed by atoms with Gasteiger partial charge in [-0.15, -0.1) is 0 Å². The third kappa shape index (κ3) is 4.84. The number of benzene rings is 2. The Morgan fingerprint density at radius 3 is 2.27 bits per heavy atom. The average molecular weight is 396 g/mol. The molecule has 0 aliphatic heterocycles. The zero-order valence-electron chi connectivity index (χ0n) is 18.3. The molecular weight excluding hydrogens is 362 g/mol. The number of nitrogens with zero attached hydrogens (tertiary/aromatic N) is 1. The van der Waals surface area contributed by atoms with Crippen molar-refractivity contribution in [1.82, 2.24) is 0 Å². The molecule has 0 bridgehead atoms. The Labute approximate surface area is 182 Å². The first kappa shape index (κ1) is 20.5. The van der Waals surface area contributed by atoms with Crippen LogP contribution in [0.4, 0.5) is 5.69 Å². The zero-order chi connectivity index (χ0) is 20.8. The van der Waals surface area contributed by atoms with Gasteiger partial charge >= 0.3 is 0 Å². The first-order valence-electron chi connectivity index (χ1n) is 11.2. The summed E-state index contributed by atoms with van der Waals surface area (Å²) in [6, 6.07) is 20.1. The third-order valence-electron chi connectivity index (χ3n) is 6.73. The Balaban J connectivity index is 1.41. The molecule has 30 heavy (non-hydrogen) atoms. The van der Waals surface area contributed by atoms with E-state index in [1.54, 1.807) is 0 Å². The van der Waals surface area contributed by atoms with Gasteiger partial charge in [-0.2, -0.15) is 0 Å². The molecule has 0 saturated carbocycles. The Morgan fingerprint density at radius 2 is 1.57 bits per heavy atom. The van der Waals surface area contributed by atoms with Gasteiger partial charge in [0, 0.05) is 18.3 Å². The van der Waals surface area contributed by atoms with Crippen LogP contribution in [0.1, 0.15) is 49.7 Å². The quantitative estimate of drug-likeness (QED) is 0.510. The van der Waals surface area contributed by atoms with Gasteiger partial charge < -0.3 is 4.90 Å². The summed E-state index contributed by atoms with van der Waals surface area (Å²) in [5.74, 6) is 0.597. The Bertz CT molecular complexity index is 930. The molecule has 0 radical (unpaired) electrons. The van der Waals surface area contributed by atoms with E-state index in [9.17, 15) is 0 Å². The van der Waals surface area contributed by atoms with Crippen LogP contribution in [0.5, 0.6) is 0 Å². The van der Waals surface area contributed by atoms with Crippen LogP contribution >= 0.6 is 0 Å². The van der Waals surface area contributed by atoms with Gasteiger partial charge in [-0.1, -0.05) is 85.0 Å². The number of hydrogen-bond donors (Lipinski definition) is 0. The van der Waals surface area contributed by atoms with Gasteiger partial charge in [-0.25, -0.2) is 0 Å². The van der Waals surface area contributed by atoms with E-state index in [-0.39, 0.29) is 5.54 Å². The van der Waals surface area contributed by atoms with Crippen LogP contribution in [0, 0.1) is 0 Å². The SMILES string of the molecule is CN(c1ccc(CC2=CCC(c3ccccc3)CC=C2)cc1)C1(C)CC=CC=CC1. The molecule has 0 spiro atoms. The molecule has 2 aliphatic rings. The maximum Gasteiger partial charge on any atom is 0.0439 e. The summed E-state index contributed by atoms with van der Waals surface area (Å²) in [7, 11) is 2.22. The molecule has 1 heteroatoms. The lowest BCUT2D eigenvalue weighted by atomic mass is 9.91. The van der Waals surface area contributed by atoms with Crippen LogP contribution in [0.3, 0.4) is 0 Å². The second kappa shape index (κ2) is 9.34. The van der Waals surface area contributed by atoms with Crippen LogP contribution in [0.15, 0.2) is 103 Å². The van der Waals surface area contributed by atoms with E-state index in [0.29, 0.717) is 5.92 Å². The van der Waals surface area contributed by atoms with Crippen molar-refractivity contribution in [3.63, 3.8) is 0 Å². The van der Waals surface area contributed by atoms with E-state index < -0.39 is 0 Å². The third-order valence-corrected chi connectivity index (χ3v) is 6.73. The summed E-state index contributed by atoms with van der Waals surface area (Å²) < 4.78 is 0. The number of rotatable bonds is 5. The number of allylic oxidation sites excluding steroid dienone is 6. The molecule has 0 saturated heterocycles. The molecule has 0 amide bonds. The molecule has 0 heterocycles. The van der Waals surface area contributed by atoms with Gasteiger partial charge in [0.2, 0.25) is 0 Å². The largest absolute Gasteiger partial charge is 0.369 e. The lowest BCUT2D eigenvalue weighted by Gasteiger charge is -2.39. The monoisotopic (exact) mass is 395 g/mol. The first-order chi connectivity index (χ1) is 14.6. The van der Waals surface area contributed by atoms with Gasteiger partial charge in [-0.05, 0) is 73.8 Å². The predicted octanol–water partition coefficient (Wildman–Crippen LogP) is 7.39. The lowest BCUT2D eigenvalue weighted by molar-refractivity contribution is 0.454. The fourth-order valence-electron chi connectivity index (χ4n) is 4.51. The average Bonchev–Trinajstić information content (AvgIpc) is 3.15. The second-order valence-corrected chi connectivity index (χ2v) is 8.92. The normalized spacial score (nSPS) is 20.3. The Morgan fingerprint density at radius 1 is 0.867 bits per heavy atom. The number of hydrogen-bond acceptors (Lipinski definition) is 1. The molecule has 4 rings (SSSR count). The van der Waals surface area contributed by atoms with Crippen molar-refractivity contribution in [2.45, 2.75) is 50.5 Å². The standard InChI is InChI=1S/C29H33N/c1-29(21-8-3-4-9-22-29)30(2)28-19-16-25(17-20-28)23-24-11-10-14-27(18-15-24)26-12-6-5-7-13-26/h3-13,15-17,19-20,27H,14,18,21-23H2,1-2H3. The van der Waals surface area contributed by atoms with Crippen molar-refractivity contribution in [1.29, 1.82) is 0 Å². The summed E-state index contributed by atoms with van der Waals surface area (Å²) in [5, 5.41) is 0. The molecule has 1 nitrogen and oxygen atoms in total. The summed E-state index contributed by atoms with van der Waals surface area (Å²) >= 11 is 0. The summed E-state index contributed by atoms with van der Waals surface area (Å²) in [6.45, 7) is 2.35. The molecule has 1 unspecified atom stereocenters. The molecule has 0 fully saturated rings. The molecule has 2 aromatic rings. The van der Waals surface area contributed by atoms with Gasteiger partial charge in [0.15, 0.2) is 0 Å². The van der Waals surface area contributed by atoms with E-state index in [4.69, 9.17) is 0 Å². The minimum Gasteiger partial charge on any atom is -0.369 e. The van der Waals surface area contributed by atoms with E-state index >= 15 is 0 Å². The molecule has 2 aliphatic carbocycles. The summed E-state index contributed by atoms with van der Waals surface area (Å²) in [4.78, 5) is 2.44. The Hall–Kier alpha value is -2.80. The topological polar surface area (TPSA) is 3.24 Å². The molecule has 0 aromatic heterocycles. The van der Waals surface area contributed by atoms with E-state index in [1.165, 1.54) is 22.4 Å². The highest BCUT2D eigenvalue weighted by Gasteiger charge is 2.27. The van der Waals surface area contributed by atoms with Gasteiger partial charge in [-0.3, -0.25) is 0 Å². The summed E-state index contributed by atoms with van der Waals surface area (Å²) in [5.41, 5.74) is 5.68. The van der Waals surface area contributed by atoms with E-state index in [1.807, 2.05) is 0 Å². The molecule has 2 aromatic carbocycles. The van der Waals surface area contributed by atoms with Crippen molar-refractivity contribution in [3.8, 4) is 0 Å². The van der Waals surface area contributed by atoms with Crippen molar-refractivity contribution in [2.24, 2.45) is 0 Å². The van der Waals surface area contributed by atoms with Crippen LogP contribution in [0.25, 0.3) is 0 Å². The van der Waals surface area contributed by atoms with Crippen molar-refractivity contribution < 1.29 is 0 Å². The lowest BCUT2D eigenvalue weighted by Crippen LogP contribution is -2.43. The molecular formula is C29H33N. The minimum atomic E-state index is 0.129. The van der Waals surface area contributed by atoms with E-state index in [0.717, 1.165) is 32.1 Å². The predicted molar refractivity (Wildman–Crippen MR) is 130 cm³/mol. The van der Waals surface area contributed by atoms with Crippen molar-refractivity contribution in [2.75, 3.05) is 11.9 Å². The first-order valence-corrected chi connectivity index (χ1v) is 11.2. The second-order valence-electron chi connectivity index (χ2n) is 8.92. The van der Waals surface area contributed by atoms with Crippen molar-refractivity contribution >= 4 is 5.69 Å². The van der Waals surface area contributed by atoms with Gasteiger partial charge in [0.1, 0.15) is 0 Å². The fourth-order valence-corrected chi connectivity index (χ4v) is 4.51. The maximum atomic E-state index is 2.44. The molecule has 0 N–H and O–H groups in total. The fraction of sp³-hybridized carbons (Fsp3) is 0.310. The number of anilines is 1. The smallest absolute Gasteiger partial charge is 0.0439 e. The van der Waals surface area contributed by atoms with Crippen LogP contribution in [-0.2, 0) is 6.42 Å². The van der Waals surface area contributed by atoms with Crippen molar-refractivity contribution in [3.05, 3.63) is 114 Å². The highest BCUT2D eigenvalue weighted by molar-refractivity contribution is 5.50. The van der Waals surface area contributed by atoms with Crippen LogP contribution < -0.4 is 4.90 Å². The summed E-state index contributed by atoms with van der Waals surface area (Å²) in [6.07, 6.45) is 21.4. The van der Waals surface area contributed by atoms with Crippen LogP contribution in [-0.4, -0.2) is 12.6 Å². The zero-order valence-corrected chi connectivity index (χ0v) is 18.3. The Kier molecular flexibility index (Phi) is 6.38. The highest BCUT2D eigenvalue weighted by atomic mass is 15.2. The maximum absolute atomic E-state index is 2.44. The van der Waals surface area contributed by atoms with Gasteiger partial charge in [0.25, 0.3) is 0 Å². The molecule has 154 valence electrons. The van der Waals surface area contributed by atoms with E-state index in [2.05, 4.69) is 116 Å².